The van der Waals surface area contributed by atoms with Gasteiger partial charge in [0.25, 0.3) is 0 Å². The monoisotopic (exact) mass is 378 g/mol. The molecule has 8 heteroatoms. The van der Waals surface area contributed by atoms with Crippen molar-refractivity contribution in [2.75, 3.05) is 7.11 Å². The molecule has 0 saturated carbocycles. The standard InChI is InChI=1S/C19H17F3N2O3/c1-13(14-7-5-8-16(10-14)19(20,21)22)23-27-12-15-6-3-4-9-17(15)18(11-25)24-26-2/h3-11H,12H2,1-2H3. The van der Waals surface area contributed by atoms with Crippen LogP contribution in [0.1, 0.15) is 29.2 Å². The lowest BCUT2D eigenvalue weighted by Crippen LogP contribution is -2.08. The van der Waals surface area contributed by atoms with Crippen LogP contribution in [0.5, 0.6) is 0 Å². The molecule has 0 aromatic heterocycles. The van der Waals surface area contributed by atoms with Crippen molar-refractivity contribution >= 4 is 17.7 Å². The molecule has 0 aliphatic rings. The van der Waals surface area contributed by atoms with Gasteiger partial charge in [-0.15, -0.1) is 0 Å². The maximum Gasteiger partial charge on any atom is 0.416 e. The van der Waals surface area contributed by atoms with Gasteiger partial charge in [-0.3, -0.25) is 4.79 Å². The van der Waals surface area contributed by atoms with Crippen LogP contribution < -0.4 is 0 Å². The number of benzene rings is 2. The van der Waals surface area contributed by atoms with Crippen LogP contribution in [0.3, 0.4) is 0 Å². The Morgan fingerprint density at radius 3 is 2.52 bits per heavy atom. The van der Waals surface area contributed by atoms with Crippen LogP contribution in [-0.4, -0.2) is 24.8 Å². The van der Waals surface area contributed by atoms with Crippen molar-refractivity contribution in [1.82, 2.24) is 0 Å². The summed E-state index contributed by atoms with van der Waals surface area (Å²) in [7, 11) is 1.32. The number of hydrogen-bond acceptors (Lipinski definition) is 5. The number of rotatable bonds is 7. The average molecular weight is 378 g/mol. The van der Waals surface area contributed by atoms with E-state index in [-0.39, 0.29) is 12.3 Å². The summed E-state index contributed by atoms with van der Waals surface area (Å²) in [6, 6.07) is 11.7. The molecule has 2 aromatic carbocycles. The highest BCUT2D eigenvalue weighted by molar-refractivity contribution is 6.36. The van der Waals surface area contributed by atoms with Gasteiger partial charge in [0, 0.05) is 11.1 Å². The zero-order valence-electron chi connectivity index (χ0n) is 14.7. The fraction of sp³-hybridized carbons (Fsp3) is 0.211. The zero-order chi connectivity index (χ0) is 19.9. The van der Waals surface area contributed by atoms with Crippen molar-refractivity contribution in [3.05, 3.63) is 70.8 Å². The molecule has 0 heterocycles. The third kappa shape index (κ3) is 5.40. The van der Waals surface area contributed by atoms with E-state index in [2.05, 4.69) is 15.1 Å². The number of aldehydes is 1. The Hall–Kier alpha value is -3.16. The minimum absolute atomic E-state index is 0.00302. The van der Waals surface area contributed by atoms with E-state index < -0.39 is 11.7 Å². The SMILES string of the molecule is CON=C(C=O)c1ccccc1CON=C(C)c1cccc(C(F)(F)F)c1. The lowest BCUT2D eigenvalue weighted by atomic mass is 10.0. The van der Waals surface area contributed by atoms with E-state index in [1.54, 1.807) is 31.2 Å². The van der Waals surface area contributed by atoms with Gasteiger partial charge in [-0.1, -0.05) is 46.7 Å². The highest BCUT2D eigenvalue weighted by Crippen LogP contribution is 2.29. The fourth-order valence-electron chi connectivity index (χ4n) is 2.30. The number of carbonyl (C=O) groups excluding carboxylic acids is 1. The number of nitrogens with zero attached hydrogens (tertiary/aromatic N) is 2. The Labute approximate surface area is 154 Å². The second-order valence-corrected chi connectivity index (χ2v) is 5.46. The van der Waals surface area contributed by atoms with Crippen LogP contribution in [0.15, 0.2) is 58.8 Å². The van der Waals surface area contributed by atoms with Crippen molar-refractivity contribution in [3.63, 3.8) is 0 Å². The number of alkyl halides is 3. The Bertz CT molecular complexity index is 861. The van der Waals surface area contributed by atoms with E-state index in [0.717, 1.165) is 12.1 Å². The van der Waals surface area contributed by atoms with Crippen LogP contribution in [0.4, 0.5) is 13.2 Å². The predicted molar refractivity (Wildman–Crippen MR) is 94.5 cm³/mol. The quantitative estimate of drug-likeness (QED) is 0.412. The van der Waals surface area contributed by atoms with Crippen LogP contribution in [-0.2, 0) is 27.3 Å². The van der Waals surface area contributed by atoms with Crippen molar-refractivity contribution in [1.29, 1.82) is 0 Å². The summed E-state index contributed by atoms with van der Waals surface area (Å²) in [5, 5.41) is 7.52. The molecule has 0 fully saturated rings. The van der Waals surface area contributed by atoms with Crippen molar-refractivity contribution < 1.29 is 27.6 Å². The summed E-state index contributed by atoms with van der Waals surface area (Å²) in [6.45, 7) is 1.55. The molecule has 0 radical (unpaired) electrons. The van der Waals surface area contributed by atoms with Gasteiger partial charge >= 0.3 is 6.18 Å². The first-order valence-corrected chi connectivity index (χ1v) is 7.85. The highest BCUT2D eigenvalue weighted by atomic mass is 19.4. The van der Waals surface area contributed by atoms with Crippen molar-refractivity contribution in [2.45, 2.75) is 19.7 Å². The molecular formula is C19H17F3N2O3. The third-order valence-corrected chi connectivity index (χ3v) is 3.62. The highest BCUT2D eigenvalue weighted by Gasteiger charge is 2.30. The second-order valence-electron chi connectivity index (χ2n) is 5.46. The van der Waals surface area contributed by atoms with E-state index in [9.17, 15) is 18.0 Å². The molecule has 0 aliphatic heterocycles. The first kappa shape index (κ1) is 20.2. The minimum atomic E-state index is -4.43. The lowest BCUT2D eigenvalue weighted by molar-refractivity contribution is -0.137. The van der Waals surface area contributed by atoms with Gasteiger partial charge in [0.05, 0.1) is 11.3 Å². The average Bonchev–Trinajstić information content (AvgIpc) is 2.66. The first-order chi connectivity index (χ1) is 12.9. The maximum atomic E-state index is 12.8. The van der Waals surface area contributed by atoms with Gasteiger partial charge in [-0.25, -0.2) is 0 Å². The smallest absolute Gasteiger partial charge is 0.399 e. The molecule has 0 bridgehead atoms. The number of carbonyl (C=O) groups is 1. The van der Waals surface area contributed by atoms with E-state index >= 15 is 0 Å². The van der Waals surface area contributed by atoms with E-state index in [0.29, 0.717) is 28.7 Å². The molecule has 2 aromatic rings. The molecular weight excluding hydrogens is 361 g/mol. The van der Waals surface area contributed by atoms with Crippen LogP contribution in [0.2, 0.25) is 0 Å². The van der Waals surface area contributed by atoms with Gasteiger partial charge in [0.15, 0.2) is 6.29 Å². The summed E-state index contributed by atoms with van der Waals surface area (Å²) in [6.07, 6.45) is -3.87. The Kier molecular flexibility index (Phi) is 6.70. The second kappa shape index (κ2) is 8.98. The Balaban J connectivity index is 2.17. The number of hydrogen-bond donors (Lipinski definition) is 0. The van der Waals surface area contributed by atoms with Gasteiger partial charge in [0.1, 0.15) is 19.4 Å². The molecule has 0 atom stereocenters. The number of oxime groups is 2. The molecule has 0 aliphatic carbocycles. The fourth-order valence-corrected chi connectivity index (χ4v) is 2.30. The van der Waals surface area contributed by atoms with Gasteiger partial charge in [0.2, 0.25) is 0 Å². The minimum Gasteiger partial charge on any atom is -0.399 e. The van der Waals surface area contributed by atoms with Crippen molar-refractivity contribution in [2.24, 2.45) is 10.3 Å². The van der Waals surface area contributed by atoms with E-state index in [4.69, 9.17) is 4.84 Å². The van der Waals surface area contributed by atoms with Crippen molar-refractivity contribution in [3.8, 4) is 0 Å². The van der Waals surface area contributed by atoms with E-state index in [1.165, 1.54) is 19.2 Å². The molecule has 2 rings (SSSR count). The zero-order valence-corrected chi connectivity index (χ0v) is 14.7. The molecule has 27 heavy (non-hydrogen) atoms. The Morgan fingerprint density at radius 2 is 1.85 bits per heavy atom. The number of halogens is 3. The van der Waals surface area contributed by atoms with Gasteiger partial charge in [-0.2, -0.15) is 13.2 Å². The van der Waals surface area contributed by atoms with Crippen LogP contribution >= 0.6 is 0 Å². The predicted octanol–water partition coefficient (Wildman–Crippen LogP) is 4.20. The van der Waals surface area contributed by atoms with E-state index in [1.807, 2.05) is 0 Å². The van der Waals surface area contributed by atoms with Crippen LogP contribution in [0, 0.1) is 0 Å². The molecule has 0 N–H and O–H groups in total. The van der Waals surface area contributed by atoms with Crippen LogP contribution in [0.25, 0.3) is 0 Å². The summed E-state index contributed by atoms with van der Waals surface area (Å²) >= 11 is 0. The summed E-state index contributed by atoms with van der Waals surface area (Å²) in [5.74, 6) is 0. The Morgan fingerprint density at radius 1 is 1.11 bits per heavy atom. The lowest BCUT2D eigenvalue weighted by Gasteiger charge is -2.09. The summed E-state index contributed by atoms with van der Waals surface area (Å²) < 4.78 is 38.4. The first-order valence-electron chi connectivity index (χ1n) is 7.85. The van der Waals surface area contributed by atoms with Gasteiger partial charge in [-0.05, 0) is 24.6 Å². The molecule has 0 unspecified atom stereocenters. The molecule has 5 nitrogen and oxygen atoms in total. The third-order valence-electron chi connectivity index (χ3n) is 3.62. The maximum absolute atomic E-state index is 12.8. The molecule has 0 amide bonds. The van der Waals surface area contributed by atoms with Gasteiger partial charge < -0.3 is 9.68 Å². The molecule has 0 saturated heterocycles. The topological polar surface area (TPSA) is 60.2 Å². The normalized spacial score (nSPS) is 12.6. The summed E-state index contributed by atoms with van der Waals surface area (Å²) in [4.78, 5) is 21.1. The molecule has 0 spiro atoms. The summed E-state index contributed by atoms with van der Waals surface area (Å²) in [5.41, 5.74) is 1.07. The molecule has 142 valence electrons. The largest absolute Gasteiger partial charge is 0.416 e.